The first-order valence-electron chi connectivity index (χ1n) is 13.7. The van der Waals surface area contributed by atoms with E-state index in [0.717, 1.165) is 19.3 Å². The quantitative estimate of drug-likeness (QED) is 0.157. The van der Waals surface area contributed by atoms with Crippen molar-refractivity contribution >= 4 is 24.1 Å². The number of nitrogens with zero attached hydrogens (tertiary/aromatic N) is 2. The number of methoxy groups -OCH3 is 3. The second-order valence-electron chi connectivity index (χ2n) is 10.2. The molecule has 12 nitrogen and oxygen atoms in total. The van der Waals surface area contributed by atoms with E-state index in [2.05, 4.69) is 17.6 Å². The summed E-state index contributed by atoms with van der Waals surface area (Å²) in [6.07, 6.45) is 4.91. The Kier molecular flexibility index (Phi) is 13.5. The minimum atomic E-state index is -0.619. The van der Waals surface area contributed by atoms with Crippen LogP contribution in [-0.4, -0.2) is 92.9 Å². The molecule has 3 N–H and O–H groups in total. The average molecular weight is 565 g/mol. The smallest absolute Gasteiger partial charge is 0.251 e. The Morgan fingerprint density at radius 1 is 1.12 bits per heavy atom. The van der Waals surface area contributed by atoms with Gasteiger partial charge in [-0.15, -0.1) is 0 Å². The van der Waals surface area contributed by atoms with Crippen LogP contribution in [0.1, 0.15) is 62.7 Å². The predicted octanol–water partition coefficient (Wildman–Crippen LogP) is 2.23. The molecule has 1 saturated heterocycles. The lowest BCUT2D eigenvalue weighted by molar-refractivity contribution is -0.155. The first-order valence-corrected chi connectivity index (χ1v) is 13.7. The van der Waals surface area contributed by atoms with E-state index in [-0.39, 0.29) is 49.2 Å². The van der Waals surface area contributed by atoms with Gasteiger partial charge in [0.15, 0.2) is 11.5 Å². The summed E-state index contributed by atoms with van der Waals surface area (Å²) in [6.45, 7) is 4.69. The van der Waals surface area contributed by atoms with E-state index in [1.54, 1.807) is 17.0 Å². The predicted molar refractivity (Wildman–Crippen MR) is 148 cm³/mol. The third kappa shape index (κ3) is 9.58. The Labute approximate surface area is 236 Å². The number of hydrogen-bond acceptors (Lipinski definition) is 8. The van der Waals surface area contributed by atoms with Crippen LogP contribution in [0.15, 0.2) is 12.1 Å². The Morgan fingerprint density at radius 3 is 2.27 bits per heavy atom. The van der Waals surface area contributed by atoms with Crippen LogP contribution in [0.2, 0.25) is 0 Å². The van der Waals surface area contributed by atoms with Gasteiger partial charge >= 0.3 is 0 Å². The van der Waals surface area contributed by atoms with Crippen LogP contribution in [-0.2, 0) is 14.4 Å². The Bertz CT molecular complexity index is 972. The normalized spacial score (nSPS) is 15.0. The molecule has 40 heavy (non-hydrogen) atoms. The molecule has 0 aliphatic carbocycles. The molecule has 1 fully saturated rings. The number of amides is 4. The molecule has 0 aromatic heterocycles. The summed E-state index contributed by atoms with van der Waals surface area (Å²) in [7, 11) is 4.45. The number of nitrogens with one attached hydrogen (secondary N) is 2. The highest BCUT2D eigenvalue weighted by Gasteiger charge is 2.27. The molecule has 2 atom stereocenters. The van der Waals surface area contributed by atoms with Crippen molar-refractivity contribution < 1.29 is 38.6 Å². The van der Waals surface area contributed by atoms with Crippen LogP contribution in [0.3, 0.4) is 0 Å². The summed E-state index contributed by atoms with van der Waals surface area (Å²) in [5.74, 6) is -0.109. The Hall–Kier alpha value is -3.54. The van der Waals surface area contributed by atoms with Gasteiger partial charge in [-0.2, -0.15) is 0 Å². The molecule has 1 unspecified atom stereocenters. The van der Waals surface area contributed by atoms with Gasteiger partial charge in [0, 0.05) is 24.7 Å². The number of carbonyl (C=O) groups excluding carboxylic acids is 4. The SMILES string of the molecule is CCCCC(C)C[C@H](CN(O)C=O)C(=O)NCC(=O)N1CCC(NC(=O)c2cc(OC)c(OC)c(OC)c2)CC1. The molecule has 1 aliphatic heterocycles. The van der Waals surface area contributed by atoms with Crippen LogP contribution in [0, 0.1) is 11.8 Å². The van der Waals surface area contributed by atoms with Gasteiger partial charge < -0.3 is 29.7 Å². The van der Waals surface area contributed by atoms with E-state index in [1.165, 1.54) is 21.3 Å². The summed E-state index contributed by atoms with van der Waals surface area (Å²) in [4.78, 5) is 51.1. The first-order chi connectivity index (χ1) is 19.2. The summed E-state index contributed by atoms with van der Waals surface area (Å²) < 4.78 is 16.0. The maximum atomic E-state index is 12.9. The maximum absolute atomic E-state index is 12.9. The van der Waals surface area contributed by atoms with Gasteiger partial charge in [-0.3, -0.25) is 24.4 Å². The number of ether oxygens (including phenoxy) is 3. The molecule has 4 amide bonds. The van der Waals surface area contributed by atoms with E-state index in [0.29, 0.717) is 60.2 Å². The summed E-state index contributed by atoms with van der Waals surface area (Å²) in [5.41, 5.74) is 0.366. The number of unbranched alkanes of at least 4 members (excludes halogenated alkanes) is 1. The van der Waals surface area contributed by atoms with Crippen LogP contribution < -0.4 is 24.8 Å². The second-order valence-corrected chi connectivity index (χ2v) is 10.2. The lowest BCUT2D eigenvalue weighted by Crippen LogP contribution is -2.49. The molecule has 0 radical (unpaired) electrons. The molecule has 0 spiro atoms. The van der Waals surface area contributed by atoms with Gasteiger partial charge in [0.05, 0.1) is 40.3 Å². The summed E-state index contributed by atoms with van der Waals surface area (Å²) in [5, 5.41) is 15.8. The third-order valence-corrected chi connectivity index (χ3v) is 7.16. The van der Waals surface area contributed by atoms with Crippen LogP contribution >= 0.6 is 0 Å². The van der Waals surface area contributed by atoms with Crippen molar-refractivity contribution in [3.63, 3.8) is 0 Å². The lowest BCUT2D eigenvalue weighted by Gasteiger charge is -2.32. The number of rotatable bonds is 16. The van der Waals surface area contributed by atoms with Crippen molar-refractivity contribution in [2.75, 3.05) is 47.5 Å². The molecule has 0 bridgehead atoms. The van der Waals surface area contributed by atoms with Crippen molar-refractivity contribution in [3.05, 3.63) is 17.7 Å². The van der Waals surface area contributed by atoms with Gasteiger partial charge in [0.1, 0.15) is 0 Å². The van der Waals surface area contributed by atoms with Crippen molar-refractivity contribution in [2.24, 2.45) is 11.8 Å². The molecule has 12 heteroatoms. The number of carbonyl (C=O) groups is 4. The standard InChI is InChI=1S/C28H44N4O8/c1-6-7-8-19(2)13-21(17-32(37)18-33)27(35)29-16-25(34)31-11-9-22(10-12-31)30-28(36)20-14-23(38-3)26(40-5)24(15-20)39-4/h14-15,18-19,21-22,37H,6-13,16-17H2,1-5H3,(H,29,35)(H,30,36)/t19?,21-/m1/s1. The Balaban J connectivity index is 1.88. The number of hydroxylamine groups is 2. The Morgan fingerprint density at radius 2 is 1.75 bits per heavy atom. The minimum absolute atomic E-state index is 0.127. The summed E-state index contributed by atoms with van der Waals surface area (Å²) in [6, 6.07) is 3.04. The van der Waals surface area contributed by atoms with Gasteiger partial charge in [0.2, 0.25) is 24.0 Å². The van der Waals surface area contributed by atoms with Crippen LogP contribution in [0.4, 0.5) is 0 Å². The van der Waals surface area contributed by atoms with Crippen LogP contribution in [0.5, 0.6) is 17.2 Å². The minimum Gasteiger partial charge on any atom is -0.493 e. The van der Waals surface area contributed by atoms with Crippen molar-refractivity contribution in [1.29, 1.82) is 0 Å². The number of hydrogen-bond donors (Lipinski definition) is 3. The molecule has 1 aliphatic rings. The zero-order valence-corrected chi connectivity index (χ0v) is 24.2. The third-order valence-electron chi connectivity index (χ3n) is 7.16. The second kappa shape index (κ2) is 16.5. The van der Waals surface area contributed by atoms with E-state index in [9.17, 15) is 24.4 Å². The highest BCUT2D eigenvalue weighted by atomic mass is 16.5. The molecular formula is C28H44N4O8. The van der Waals surface area contributed by atoms with E-state index >= 15 is 0 Å². The fourth-order valence-corrected chi connectivity index (χ4v) is 4.86. The fraction of sp³-hybridized carbons (Fsp3) is 0.643. The molecule has 0 saturated carbocycles. The molecule has 1 heterocycles. The van der Waals surface area contributed by atoms with Gasteiger partial charge in [-0.05, 0) is 37.3 Å². The molecule has 2 rings (SSSR count). The highest BCUT2D eigenvalue weighted by molar-refractivity contribution is 5.96. The van der Waals surface area contributed by atoms with Crippen molar-refractivity contribution in [1.82, 2.24) is 20.6 Å². The number of piperidine rings is 1. The fourth-order valence-electron chi connectivity index (χ4n) is 4.86. The zero-order chi connectivity index (χ0) is 29.7. The number of likely N-dealkylation sites (tertiary alicyclic amines) is 1. The lowest BCUT2D eigenvalue weighted by atomic mass is 9.91. The molecule has 1 aromatic carbocycles. The van der Waals surface area contributed by atoms with E-state index < -0.39 is 5.92 Å². The monoisotopic (exact) mass is 564 g/mol. The first kappa shape index (κ1) is 32.7. The zero-order valence-electron chi connectivity index (χ0n) is 24.2. The van der Waals surface area contributed by atoms with Crippen molar-refractivity contribution in [3.8, 4) is 17.2 Å². The molecular weight excluding hydrogens is 520 g/mol. The maximum Gasteiger partial charge on any atom is 0.251 e. The highest BCUT2D eigenvalue weighted by Crippen LogP contribution is 2.38. The van der Waals surface area contributed by atoms with E-state index in [4.69, 9.17) is 14.2 Å². The van der Waals surface area contributed by atoms with Gasteiger partial charge in [-0.25, -0.2) is 5.06 Å². The summed E-state index contributed by atoms with van der Waals surface area (Å²) >= 11 is 0. The molecule has 1 aromatic rings. The van der Waals surface area contributed by atoms with Crippen LogP contribution in [0.25, 0.3) is 0 Å². The largest absolute Gasteiger partial charge is 0.493 e. The number of benzene rings is 1. The van der Waals surface area contributed by atoms with E-state index in [1.807, 2.05) is 6.92 Å². The topological polar surface area (TPSA) is 147 Å². The van der Waals surface area contributed by atoms with Crippen molar-refractivity contribution in [2.45, 2.75) is 58.4 Å². The van der Waals surface area contributed by atoms with Gasteiger partial charge in [-0.1, -0.05) is 33.1 Å². The van der Waals surface area contributed by atoms with Gasteiger partial charge in [0.25, 0.3) is 5.91 Å². The average Bonchev–Trinajstić information content (AvgIpc) is 2.97. The molecule has 224 valence electrons.